The number of halogens is 1. The quantitative estimate of drug-likeness (QED) is 0.835. The van der Waals surface area contributed by atoms with E-state index in [-0.39, 0.29) is 11.3 Å². The third-order valence-corrected chi connectivity index (χ3v) is 5.15. The molecule has 21 heavy (non-hydrogen) atoms. The monoisotopic (exact) mass is 301 g/mol. The fourth-order valence-corrected chi connectivity index (χ4v) is 3.54. The summed E-state index contributed by atoms with van der Waals surface area (Å²) < 4.78 is 0. The first-order valence-corrected chi connectivity index (χ1v) is 8.09. The van der Waals surface area contributed by atoms with E-state index in [1.165, 1.54) is 12.8 Å². The maximum Gasteiger partial charge on any atom is 0.251 e. The second kappa shape index (κ2) is 6.07. The lowest BCUT2D eigenvalue weighted by atomic mass is 9.88. The van der Waals surface area contributed by atoms with Crippen molar-refractivity contribution in [2.45, 2.75) is 25.7 Å². The summed E-state index contributed by atoms with van der Waals surface area (Å²) in [6.07, 6.45) is 4.68. The Morgan fingerprint density at radius 3 is 2.52 bits per heavy atom. The van der Waals surface area contributed by atoms with E-state index >= 15 is 0 Å². The van der Waals surface area contributed by atoms with Crippen LogP contribution in [0, 0.1) is 5.41 Å². The molecule has 0 bridgehead atoms. The van der Waals surface area contributed by atoms with Gasteiger partial charge in [-0.05, 0) is 35.7 Å². The summed E-state index contributed by atoms with van der Waals surface area (Å²) in [6.45, 7) is 0.683. The van der Waals surface area contributed by atoms with Crippen molar-refractivity contribution in [1.82, 2.24) is 5.32 Å². The largest absolute Gasteiger partial charge is 0.351 e. The average Bonchev–Trinajstić information content (AvgIpc) is 3.01. The third-order valence-electron chi connectivity index (χ3n) is 4.58. The molecule has 0 atom stereocenters. The highest BCUT2D eigenvalue weighted by atomic mass is 35.5. The van der Waals surface area contributed by atoms with Crippen molar-refractivity contribution < 1.29 is 4.79 Å². The lowest BCUT2D eigenvalue weighted by Gasteiger charge is -2.26. The first-order valence-electron chi connectivity index (χ1n) is 7.55. The number of hydrogen-bond donors (Lipinski definition) is 1. The van der Waals surface area contributed by atoms with Gasteiger partial charge >= 0.3 is 0 Å². The van der Waals surface area contributed by atoms with Crippen LogP contribution in [0.15, 0.2) is 42.5 Å². The molecule has 110 valence electrons. The zero-order chi connectivity index (χ0) is 14.7. The van der Waals surface area contributed by atoms with Crippen LogP contribution in [0.25, 0.3) is 10.8 Å². The first-order chi connectivity index (χ1) is 10.2. The summed E-state index contributed by atoms with van der Waals surface area (Å²) in [6, 6.07) is 13.9. The minimum absolute atomic E-state index is 0.00264. The van der Waals surface area contributed by atoms with Gasteiger partial charge in [-0.25, -0.2) is 0 Å². The Labute approximate surface area is 130 Å². The van der Waals surface area contributed by atoms with Crippen LogP contribution in [-0.4, -0.2) is 18.3 Å². The SMILES string of the molecule is O=C(NCC1(CCl)CCCC1)c1ccc2ccccc2c1. The molecule has 2 aromatic rings. The van der Waals surface area contributed by atoms with E-state index in [1.54, 1.807) is 0 Å². The molecule has 0 unspecified atom stereocenters. The number of alkyl halides is 1. The molecular weight excluding hydrogens is 282 g/mol. The topological polar surface area (TPSA) is 29.1 Å². The smallest absolute Gasteiger partial charge is 0.251 e. The van der Waals surface area contributed by atoms with E-state index in [4.69, 9.17) is 11.6 Å². The first kappa shape index (κ1) is 14.4. The summed E-state index contributed by atoms with van der Waals surface area (Å²) in [4.78, 5) is 12.3. The van der Waals surface area contributed by atoms with E-state index < -0.39 is 0 Å². The molecule has 0 spiro atoms. The Balaban J connectivity index is 1.71. The van der Waals surface area contributed by atoms with Crippen LogP contribution in [0.4, 0.5) is 0 Å². The molecule has 3 rings (SSSR count). The Hall–Kier alpha value is -1.54. The molecule has 0 radical (unpaired) electrons. The van der Waals surface area contributed by atoms with Gasteiger partial charge in [-0.15, -0.1) is 11.6 Å². The molecule has 1 saturated carbocycles. The molecule has 2 nitrogen and oxygen atoms in total. The fraction of sp³-hybridized carbons (Fsp3) is 0.389. The number of amides is 1. The Kier molecular flexibility index (Phi) is 4.16. The molecule has 1 N–H and O–H groups in total. The number of nitrogens with one attached hydrogen (secondary N) is 1. The fourth-order valence-electron chi connectivity index (χ4n) is 3.18. The number of rotatable bonds is 4. The van der Waals surface area contributed by atoms with E-state index in [2.05, 4.69) is 11.4 Å². The molecule has 1 amide bonds. The number of carbonyl (C=O) groups excluding carboxylic acids is 1. The lowest BCUT2D eigenvalue weighted by molar-refractivity contribution is 0.0935. The second-order valence-electron chi connectivity index (χ2n) is 6.09. The van der Waals surface area contributed by atoms with Gasteiger partial charge in [0.2, 0.25) is 0 Å². The molecule has 0 aromatic heterocycles. The van der Waals surface area contributed by atoms with Crippen LogP contribution >= 0.6 is 11.6 Å². The van der Waals surface area contributed by atoms with Gasteiger partial charge in [0.05, 0.1) is 0 Å². The average molecular weight is 302 g/mol. The summed E-state index contributed by atoms with van der Waals surface area (Å²) in [7, 11) is 0. The molecule has 1 aliphatic rings. The van der Waals surface area contributed by atoms with Crippen LogP contribution < -0.4 is 5.32 Å². The zero-order valence-electron chi connectivity index (χ0n) is 12.1. The van der Waals surface area contributed by atoms with Gasteiger partial charge < -0.3 is 5.32 Å². The molecule has 0 heterocycles. The predicted octanol–water partition coefficient (Wildman–Crippen LogP) is 4.37. The van der Waals surface area contributed by atoms with Gasteiger partial charge in [-0.1, -0.05) is 43.2 Å². The third kappa shape index (κ3) is 3.06. The maximum absolute atomic E-state index is 12.3. The van der Waals surface area contributed by atoms with Gasteiger partial charge in [0.1, 0.15) is 0 Å². The summed E-state index contributed by atoms with van der Waals surface area (Å²) >= 11 is 6.12. The summed E-state index contributed by atoms with van der Waals surface area (Å²) in [5.41, 5.74) is 0.824. The van der Waals surface area contributed by atoms with Gasteiger partial charge in [-0.2, -0.15) is 0 Å². The lowest BCUT2D eigenvalue weighted by Crippen LogP contribution is -2.37. The Morgan fingerprint density at radius 1 is 1.10 bits per heavy atom. The van der Waals surface area contributed by atoms with Crippen LogP contribution in [0.2, 0.25) is 0 Å². The minimum atomic E-state index is -0.00264. The van der Waals surface area contributed by atoms with Crippen LogP contribution in [0.1, 0.15) is 36.0 Å². The number of benzene rings is 2. The zero-order valence-corrected chi connectivity index (χ0v) is 12.8. The van der Waals surface area contributed by atoms with Crippen LogP contribution in [0.5, 0.6) is 0 Å². The van der Waals surface area contributed by atoms with Crippen molar-refractivity contribution in [3.8, 4) is 0 Å². The van der Waals surface area contributed by atoms with Gasteiger partial charge in [-0.3, -0.25) is 4.79 Å². The second-order valence-corrected chi connectivity index (χ2v) is 6.35. The van der Waals surface area contributed by atoms with Crippen molar-refractivity contribution in [3.63, 3.8) is 0 Å². The van der Waals surface area contributed by atoms with Crippen molar-refractivity contribution in [2.75, 3.05) is 12.4 Å². The van der Waals surface area contributed by atoms with E-state index in [0.717, 1.165) is 29.2 Å². The van der Waals surface area contributed by atoms with Gasteiger partial charge in [0.15, 0.2) is 0 Å². The standard InChI is InChI=1S/C18H20ClNO/c19-12-18(9-3-4-10-18)13-20-17(21)16-8-7-14-5-1-2-6-15(14)11-16/h1-2,5-8,11H,3-4,9-10,12-13H2,(H,20,21). The molecular formula is C18H20ClNO. The molecule has 1 aliphatic carbocycles. The Morgan fingerprint density at radius 2 is 1.81 bits per heavy atom. The molecule has 0 aliphatic heterocycles. The predicted molar refractivity (Wildman–Crippen MR) is 87.9 cm³/mol. The van der Waals surface area contributed by atoms with E-state index in [1.807, 2.05) is 36.4 Å². The summed E-state index contributed by atoms with van der Waals surface area (Å²) in [5, 5.41) is 5.32. The highest BCUT2D eigenvalue weighted by Gasteiger charge is 2.33. The van der Waals surface area contributed by atoms with Gasteiger partial charge in [0, 0.05) is 23.4 Å². The maximum atomic E-state index is 12.3. The Bertz CT molecular complexity index is 646. The molecule has 3 heteroatoms. The molecule has 0 saturated heterocycles. The van der Waals surface area contributed by atoms with Crippen molar-refractivity contribution >= 4 is 28.3 Å². The van der Waals surface area contributed by atoms with E-state index in [9.17, 15) is 4.79 Å². The normalized spacial score (nSPS) is 17.0. The number of fused-ring (bicyclic) bond motifs is 1. The van der Waals surface area contributed by atoms with Crippen LogP contribution in [0.3, 0.4) is 0 Å². The number of hydrogen-bond acceptors (Lipinski definition) is 1. The number of carbonyl (C=O) groups is 1. The van der Waals surface area contributed by atoms with Crippen molar-refractivity contribution in [3.05, 3.63) is 48.0 Å². The van der Waals surface area contributed by atoms with Gasteiger partial charge in [0.25, 0.3) is 5.91 Å². The van der Waals surface area contributed by atoms with Crippen molar-refractivity contribution in [1.29, 1.82) is 0 Å². The highest BCUT2D eigenvalue weighted by Crippen LogP contribution is 2.38. The highest BCUT2D eigenvalue weighted by molar-refractivity contribution is 6.18. The molecule has 2 aromatic carbocycles. The van der Waals surface area contributed by atoms with Crippen molar-refractivity contribution in [2.24, 2.45) is 5.41 Å². The minimum Gasteiger partial charge on any atom is -0.351 e. The summed E-state index contributed by atoms with van der Waals surface area (Å²) in [5.74, 6) is 0.627. The van der Waals surface area contributed by atoms with Crippen LogP contribution in [-0.2, 0) is 0 Å². The van der Waals surface area contributed by atoms with E-state index in [0.29, 0.717) is 12.4 Å². The molecule has 1 fully saturated rings.